The molecule has 0 aliphatic heterocycles. The molecule has 0 unspecified atom stereocenters. The van der Waals surface area contributed by atoms with Crippen molar-refractivity contribution in [2.45, 2.75) is 6.54 Å². The summed E-state index contributed by atoms with van der Waals surface area (Å²) in [6.45, 7) is 3.66. The highest BCUT2D eigenvalue weighted by molar-refractivity contribution is 6.33. The number of carbonyl (C=O) groups is 1. The van der Waals surface area contributed by atoms with Gasteiger partial charge in [0.1, 0.15) is 5.02 Å². The van der Waals surface area contributed by atoms with Crippen LogP contribution < -0.4 is 16.6 Å². The first-order valence-corrected chi connectivity index (χ1v) is 4.82. The Morgan fingerprint density at radius 1 is 1.75 bits per heavy atom. The quantitative estimate of drug-likeness (QED) is 0.710. The van der Waals surface area contributed by atoms with Crippen molar-refractivity contribution in [2.75, 3.05) is 11.9 Å². The third kappa shape index (κ3) is 2.83. The van der Waals surface area contributed by atoms with E-state index in [0.717, 1.165) is 4.68 Å². The minimum absolute atomic E-state index is 0.0295. The molecule has 0 bridgehead atoms. The van der Waals surface area contributed by atoms with Gasteiger partial charge in [-0.15, -0.1) is 6.58 Å². The summed E-state index contributed by atoms with van der Waals surface area (Å²) in [6.07, 6.45) is 2.89. The van der Waals surface area contributed by atoms with Crippen molar-refractivity contribution >= 4 is 23.2 Å². The fourth-order valence-electron chi connectivity index (χ4n) is 1.02. The number of nitrogens with zero attached hydrogens (tertiary/aromatic N) is 2. The molecule has 1 aromatic heterocycles. The molecule has 0 atom stereocenters. The highest BCUT2D eigenvalue weighted by Crippen LogP contribution is 2.14. The van der Waals surface area contributed by atoms with Gasteiger partial charge >= 0.3 is 0 Å². The zero-order valence-corrected chi connectivity index (χ0v) is 9.20. The average molecular weight is 243 g/mol. The maximum atomic E-state index is 11.6. The lowest BCUT2D eigenvalue weighted by atomic mass is 10.4. The molecule has 0 saturated heterocycles. The molecule has 0 aliphatic carbocycles. The normalized spacial score (nSPS) is 9.81. The summed E-state index contributed by atoms with van der Waals surface area (Å²) in [6, 6.07) is 0. The van der Waals surface area contributed by atoms with Crippen molar-refractivity contribution in [3.63, 3.8) is 0 Å². The third-order valence-electron chi connectivity index (χ3n) is 1.74. The topological polar surface area (TPSA) is 90.0 Å². The zero-order valence-electron chi connectivity index (χ0n) is 8.44. The summed E-state index contributed by atoms with van der Waals surface area (Å²) in [7, 11) is 0. The van der Waals surface area contributed by atoms with Crippen molar-refractivity contribution in [1.29, 1.82) is 0 Å². The van der Waals surface area contributed by atoms with Crippen LogP contribution in [0.5, 0.6) is 0 Å². The molecule has 1 aromatic rings. The number of allylic oxidation sites excluding steroid dienone is 1. The Hall–Kier alpha value is -1.82. The largest absolute Gasteiger partial charge is 0.373 e. The van der Waals surface area contributed by atoms with E-state index in [4.69, 9.17) is 17.3 Å². The standard InChI is InChI=1S/C9H11ClN4O2/c1-2-3-14-9(16)8(10)6(4-13-14)12-5-7(11)15/h2,4,12H,1,3,5H2,(H2,11,15). The summed E-state index contributed by atoms with van der Waals surface area (Å²) < 4.78 is 1.16. The Bertz CT molecular complexity index is 469. The van der Waals surface area contributed by atoms with Crippen LogP contribution in [0, 0.1) is 0 Å². The van der Waals surface area contributed by atoms with E-state index >= 15 is 0 Å². The second kappa shape index (κ2) is 5.32. The number of amides is 1. The summed E-state index contributed by atoms with van der Waals surface area (Å²) in [5, 5.41) is 6.43. The predicted octanol–water partition coefficient (Wildman–Crippen LogP) is -0.0201. The predicted molar refractivity (Wildman–Crippen MR) is 61.4 cm³/mol. The van der Waals surface area contributed by atoms with Crippen LogP contribution in [-0.2, 0) is 11.3 Å². The fraction of sp³-hybridized carbons (Fsp3) is 0.222. The van der Waals surface area contributed by atoms with Crippen LogP contribution in [0.25, 0.3) is 0 Å². The van der Waals surface area contributed by atoms with Crippen molar-refractivity contribution in [2.24, 2.45) is 5.73 Å². The van der Waals surface area contributed by atoms with Crippen LogP contribution in [0.2, 0.25) is 5.02 Å². The molecule has 3 N–H and O–H groups in total. The van der Waals surface area contributed by atoms with Crippen LogP contribution >= 0.6 is 11.6 Å². The number of carbonyl (C=O) groups excluding carboxylic acids is 1. The lowest BCUT2D eigenvalue weighted by Gasteiger charge is -2.07. The highest BCUT2D eigenvalue weighted by Gasteiger charge is 2.08. The Morgan fingerprint density at radius 3 is 3.00 bits per heavy atom. The Morgan fingerprint density at radius 2 is 2.44 bits per heavy atom. The number of aromatic nitrogens is 2. The number of rotatable bonds is 5. The third-order valence-corrected chi connectivity index (χ3v) is 2.11. The maximum absolute atomic E-state index is 11.6. The molecule has 1 rings (SSSR count). The summed E-state index contributed by atoms with van der Waals surface area (Å²) in [5.74, 6) is -0.550. The van der Waals surface area contributed by atoms with Gasteiger partial charge in [0, 0.05) is 0 Å². The van der Waals surface area contributed by atoms with Gasteiger partial charge in [-0.3, -0.25) is 9.59 Å². The summed E-state index contributed by atoms with van der Waals surface area (Å²) in [4.78, 5) is 22.1. The summed E-state index contributed by atoms with van der Waals surface area (Å²) in [5.41, 5.74) is 4.78. The molecule has 0 spiro atoms. The number of primary amides is 1. The van der Waals surface area contributed by atoms with Gasteiger partial charge in [0.15, 0.2) is 0 Å². The van der Waals surface area contributed by atoms with Crippen molar-refractivity contribution in [3.05, 3.63) is 34.2 Å². The molecule has 0 fully saturated rings. The van der Waals surface area contributed by atoms with Crippen LogP contribution in [0.4, 0.5) is 5.69 Å². The van der Waals surface area contributed by atoms with E-state index in [9.17, 15) is 9.59 Å². The first-order chi connectivity index (χ1) is 7.56. The van der Waals surface area contributed by atoms with Gasteiger partial charge in [-0.25, -0.2) is 4.68 Å². The first kappa shape index (κ1) is 12.3. The number of nitrogens with one attached hydrogen (secondary N) is 1. The smallest absolute Gasteiger partial charge is 0.287 e. The Kier molecular flexibility index (Phi) is 4.07. The molecule has 0 aromatic carbocycles. The molecule has 16 heavy (non-hydrogen) atoms. The van der Waals surface area contributed by atoms with E-state index in [2.05, 4.69) is 17.0 Å². The molecule has 0 aliphatic rings. The number of hydrogen-bond acceptors (Lipinski definition) is 4. The summed E-state index contributed by atoms with van der Waals surface area (Å²) >= 11 is 5.80. The van der Waals surface area contributed by atoms with E-state index in [-0.39, 0.29) is 23.8 Å². The average Bonchev–Trinajstić information content (AvgIpc) is 2.24. The maximum Gasteiger partial charge on any atom is 0.287 e. The molecule has 1 heterocycles. The van der Waals surface area contributed by atoms with E-state index in [1.807, 2.05) is 0 Å². The molecular formula is C9H11ClN4O2. The second-order valence-electron chi connectivity index (χ2n) is 2.97. The Labute approximate surface area is 96.7 Å². The van der Waals surface area contributed by atoms with Gasteiger partial charge < -0.3 is 11.1 Å². The van der Waals surface area contributed by atoms with Gasteiger partial charge in [-0.05, 0) is 0 Å². The highest BCUT2D eigenvalue weighted by atomic mass is 35.5. The van der Waals surface area contributed by atoms with E-state index in [1.165, 1.54) is 12.3 Å². The molecule has 0 saturated carbocycles. The molecule has 1 amide bonds. The molecule has 6 nitrogen and oxygen atoms in total. The van der Waals surface area contributed by atoms with Gasteiger partial charge in [0.25, 0.3) is 5.56 Å². The lowest BCUT2D eigenvalue weighted by Crippen LogP contribution is -2.26. The molecular weight excluding hydrogens is 232 g/mol. The first-order valence-electron chi connectivity index (χ1n) is 4.45. The van der Waals surface area contributed by atoms with Crippen molar-refractivity contribution in [1.82, 2.24) is 9.78 Å². The number of anilines is 1. The van der Waals surface area contributed by atoms with Crippen LogP contribution in [0.1, 0.15) is 0 Å². The monoisotopic (exact) mass is 242 g/mol. The minimum Gasteiger partial charge on any atom is -0.373 e. The van der Waals surface area contributed by atoms with Crippen LogP contribution in [-0.4, -0.2) is 22.2 Å². The van der Waals surface area contributed by atoms with Crippen molar-refractivity contribution < 1.29 is 4.79 Å². The number of nitrogens with two attached hydrogens (primary N) is 1. The second-order valence-corrected chi connectivity index (χ2v) is 3.35. The van der Waals surface area contributed by atoms with Gasteiger partial charge in [-0.2, -0.15) is 5.10 Å². The van der Waals surface area contributed by atoms with E-state index in [0.29, 0.717) is 0 Å². The molecule has 86 valence electrons. The fourth-order valence-corrected chi connectivity index (χ4v) is 1.24. The zero-order chi connectivity index (χ0) is 12.1. The van der Waals surface area contributed by atoms with Gasteiger partial charge in [0.2, 0.25) is 5.91 Å². The lowest BCUT2D eigenvalue weighted by molar-refractivity contribution is -0.116. The number of halogens is 1. The number of hydrogen-bond donors (Lipinski definition) is 2. The molecule has 7 heteroatoms. The van der Waals surface area contributed by atoms with Crippen LogP contribution in [0.3, 0.4) is 0 Å². The van der Waals surface area contributed by atoms with Gasteiger partial charge in [-0.1, -0.05) is 17.7 Å². The van der Waals surface area contributed by atoms with E-state index < -0.39 is 11.5 Å². The molecule has 0 radical (unpaired) electrons. The SMILES string of the molecule is C=CCn1ncc(NCC(N)=O)c(Cl)c1=O. The van der Waals surface area contributed by atoms with Gasteiger partial charge in [0.05, 0.1) is 25.0 Å². The Balaban J connectivity index is 2.97. The minimum atomic E-state index is -0.550. The van der Waals surface area contributed by atoms with Crippen LogP contribution in [0.15, 0.2) is 23.6 Å². The van der Waals surface area contributed by atoms with Crippen molar-refractivity contribution in [3.8, 4) is 0 Å². The van der Waals surface area contributed by atoms with E-state index in [1.54, 1.807) is 0 Å².